The molecule has 2 aliphatic heterocycles. The lowest BCUT2D eigenvalue weighted by molar-refractivity contribution is -0.155. The van der Waals surface area contributed by atoms with E-state index in [0.717, 1.165) is 19.3 Å². The molecule has 0 aromatic rings. The van der Waals surface area contributed by atoms with E-state index in [-0.39, 0.29) is 42.7 Å². The second kappa shape index (κ2) is 7.43. The van der Waals surface area contributed by atoms with Gasteiger partial charge in [0.2, 0.25) is 0 Å². The second-order valence-electron chi connectivity index (χ2n) is 5.28. The zero-order valence-corrected chi connectivity index (χ0v) is 12.5. The van der Waals surface area contributed by atoms with Crippen molar-refractivity contribution in [2.24, 2.45) is 5.73 Å². The highest BCUT2D eigenvalue weighted by molar-refractivity contribution is 5.85. The Balaban J connectivity index is 0.00000180. The number of morpholine rings is 1. The summed E-state index contributed by atoms with van der Waals surface area (Å²) in [5.74, 6) is 0.111. The Morgan fingerprint density at radius 2 is 2.00 bits per heavy atom. The molecule has 2 fully saturated rings. The summed E-state index contributed by atoms with van der Waals surface area (Å²) in [6.07, 6.45) is 2.66. The number of amides is 1. The van der Waals surface area contributed by atoms with Crippen molar-refractivity contribution in [3.05, 3.63) is 0 Å². The van der Waals surface area contributed by atoms with E-state index in [9.17, 15) is 4.79 Å². The average Bonchev–Trinajstić information content (AvgIpc) is 2.85. The molecule has 0 spiro atoms. The van der Waals surface area contributed by atoms with Gasteiger partial charge in [0.1, 0.15) is 6.10 Å². The normalized spacial score (nSPS) is 35.0. The number of hydrogen-bond donors (Lipinski definition) is 1. The van der Waals surface area contributed by atoms with Gasteiger partial charge >= 0.3 is 0 Å². The first kappa shape index (κ1) is 16.7. The summed E-state index contributed by atoms with van der Waals surface area (Å²) in [7, 11) is 0. The van der Waals surface area contributed by atoms with E-state index in [1.165, 1.54) is 0 Å². The van der Waals surface area contributed by atoms with Crippen LogP contribution in [0.15, 0.2) is 0 Å². The van der Waals surface area contributed by atoms with Crippen molar-refractivity contribution in [1.29, 1.82) is 0 Å². The summed E-state index contributed by atoms with van der Waals surface area (Å²) < 4.78 is 11.4. The minimum absolute atomic E-state index is 0. The lowest BCUT2D eigenvalue weighted by atomic mass is 10.1. The van der Waals surface area contributed by atoms with Crippen LogP contribution in [0, 0.1) is 0 Å². The molecule has 112 valence electrons. The minimum Gasteiger partial charge on any atom is -0.372 e. The quantitative estimate of drug-likeness (QED) is 0.841. The van der Waals surface area contributed by atoms with E-state index >= 15 is 0 Å². The SMILES string of the molecule is CCC1CN(C(=O)[C@@H]2CC[C@H](CN)O2)CC(C)O1.Cl. The Morgan fingerprint density at radius 1 is 1.26 bits per heavy atom. The van der Waals surface area contributed by atoms with Crippen LogP contribution in [-0.4, -0.2) is 54.9 Å². The zero-order valence-electron chi connectivity index (χ0n) is 11.7. The van der Waals surface area contributed by atoms with Gasteiger partial charge in [0, 0.05) is 19.6 Å². The lowest BCUT2D eigenvalue weighted by Gasteiger charge is -2.37. The van der Waals surface area contributed by atoms with Gasteiger partial charge in [-0.3, -0.25) is 4.79 Å². The molecule has 2 rings (SSSR count). The molecular weight excluding hydrogens is 268 g/mol. The topological polar surface area (TPSA) is 64.8 Å². The molecule has 2 unspecified atom stereocenters. The number of halogens is 1. The van der Waals surface area contributed by atoms with Crippen molar-refractivity contribution in [3.63, 3.8) is 0 Å². The van der Waals surface area contributed by atoms with Crippen LogP contribution in [0.1, 0.15) is 33.1 Å². The van der Waals surface area contributed by atoms with E-state index in [1.807, 2.05) is 11.8 Å². The van der Waals surface area contributed by atoms with Crippen molar-refractivity contribution in [1.82, 2.24) is 4.90 Å². The fourth-order valence-corrected chi connectivity index (χ4v) is 2.71. The summed E-state index contributed by atoms with van der Waals surface area (Å²) in [6, 6.07) is 0. The van der Waals surface area contributed by atoms with Gasteiger partial charge in [0.15, 0.2) is 0 Å². The largest absolute Gasteiger partial charge is 0.372 e. The third-order valence-corrected chi connectivity index (χ3v) is 3.74. The molecule has 19 heavy (non-hydrogen) atoms. The molecule has 0 saturated carbocycles. The number of ether oxygens (including phenoxy) is 2. The summed E-state index contributed by atoms with van der Waals surface area (Å²) >= 11 is 0. The molecule has 1 amide bonds. The van der Waals surface area contributed by atoms with Crippen LogP contribution in [0.3, 0.4) is 0 Å². The van der Waals surface area contributed by atoms with Crippen LogP contribution in [0.4, 0.5) is 0 Å². The number of rotatable bonds is 3. The standard InChI is InChI=1S/C13H24N2O3.ClH/c1-3-10-8-15(7-9(2)17-10)13(16)12-5-4-11(6-14)18-12;/h9-12H,3-8,14H2,1-2H3;1H/t9?,10?,11-,12+;/m1./s1. The van der Waals surface area contributed by atoms with Crippen LogP contribution in [0.5, 0.6) is 0 Å². The molecule has 0 bridgehead atoms. The summed E-state index contributed by atoms with van der Waals surface area (Å²) in [4.78, 5) is 14.3. The zero-order chi connectivity index (χ0) is 13.1. The van der Waals surface area contributed by atoms with Crippen molar-refractivity contribution < 1.29 is 14.3 Å². The Morgan fingerprint density at radius 3 is 2.58 bits per heavy atom. The Hall–Kier alpha value is -0.360. The summed E-state index contributed by atoms with van der Waals surface area (Å²) in [6.45, 7) is 5.96. The van der Waals surface area contributed by atoms with Gasteiger partial charge in [-0.1, -0.05) is 6.92 Å². The maximum atomic E-state index is 12.4. The molecule has 6 heteroatoms. The van der Waals surface area contributed by atoms with Crippen LogP contribution < -0.4 is 5.73 Å². The predicted molar refractivity (Wildman–Crippen MR) is 75.4 cm³/mol. The van der Waals surface area contributed by atoms with E-state index in [4.69, 9.17) is 15.2 Å². The smallest absolute Gasteiger partial charge is 0.251 e. The highest BCUT2D eigenvalue weighted by Crippen LogP contribution is 2.23. The summed E-state index contributed by atoms with van der Waals surface area (Å²) in [5.41, 5.74) is 5.57. The average molecular weight is 293 g/mol. The Kier molecular flexibility index (Phi) is 6.53. The van der Waals surface area contributed by atoms with E-state index in [0.29, 0.717) is 19.6 Å². The van der Waals surface area contributed by atoms with Crippen LogP contribution in [0.25, 0.3) is 0 Å². The molecule has 5 nitrogen and oxygen atoms in total. The molecule has 2 saturated heterocycles. The number of nitrogens with two attached hydrogens (primary N) is 1. The number of nitrogens with zero attached hydrogens (tertiary/aromatic N) is 1. The molecule has 0 aliphatic carbocycles. The van der Waals surface area contributed by atoms with Gasteiger partial charge in [-0.05, 0) is 26.2 Å². The van der Waals surface area contributed by atoms with Gasteiger partial charge in [0.05, 0.1) is 18.3 Å². The highest BCUT2D eigenvalue weighted by atomic mass is 35.5. The predicted octanol–water partition coefficient (Wildman–Crippen LogP) is 0.940. The highest BCUT2D eigenvalue weighted by Gasteiger charge is 2.36. The third-order valence-electron chi connectivity index (χ3n) is 3.74. The van der Waals surface area contributed by atoms with Gasteiger partial charge < -0.3 is 20.1 Å². The van der Waals surface area contributed by atoms with Crippen LogP contribution in [0.2, 0.25) is 0 Å². The maximum Gasteiger partial charge on any atom is 0.251 e. The molecule has 2 aliphatic rings. The summed E-state index contributed by atoms with van der Waals surface area (Å²) in [5, 5.41) is 0. The molecule has 2 heterocycles. The molecular formula is C13H25ClN2O3. The van der Waals surface area contributed by atoms with E-state index in [1.54, 1.807) is 0 Å². The monoisotopic (exact) mass is 292 g/mol. The first-order valence-corrected chi connectivity index (χ1v) is 6.93. The Bertz CT molecular complexity index is 304. The third kappa shape index (κ3) is 4.05. The maximum absolute atomic E-state index is 12.4. The van der Waals surface area contributed by atoms with E-state index < -0.39 is 0 Å². The first-order chi connectivity index (χ1) is 8.63. The lowest BCUT2D eigenvalue weighted by Crippen LogP contribution is -2.52. The number of hydrogen-bond acceptors (Lipinski definition) is 4. The molecule has 2 N–H and O–H groups in total. The Labute approximate surface area is 121 Å². The van der Waals surface area contributed by atoms with Gasteiger partial charge in [-0.2, -0.15) is 0 Å². The van der Waals surface area contributed by atoms with Crippen molar-refractivity contribution in [2.75, 3.05) is 19.6 Å². The van der Waals surface area contributed by atoms with Crippen molar-refractivity contribution in [3.8, 4) is 0 Å². The van der Waals surface area contributed by atoms with Crippen molar-refractivity contribution in [2.45, 2.75) is 57.5 Å². The van der Waals surface area contributed by atoms with E-state index in [2.05, 4.69) is 6.92 Å². The minimum atomic E-state index is -0.290. The first-order valence-electron chi connectivity index (χ1n) is 6.93. The second-order valence-corrected chi connectivity index (χ2v) is 5.28. The number of carbonyl (C=O) groups excluding carboxylic acids is 1. The molecule has 0 aromatic heterocycles. The molecule has 0 aromatic carbocycles. The fraction of sp³-hybridized carbons (Fsp3) is 0.923. The van der Waals surface area contributed by atoms with Gasteiger partial charge in [-0.15, -0.1) is 12.4 Å². The number of carbonyl (C=O) groups is 1. The fourth-order valence-electron chi connectivity index (χ4n) is 2.71. The van der Waals surface area contributed by atoms with Crippen LogP contribution in [-0.2, 0) is 14.3 Å². The van der Waals surface area contributed by atoms with Crippen molar-refractivity contribution >= 4 is 18.3 Å². The molecule has 0 radical (unpaired) electrons. The van der Waals surface area contributed by atoms with Crippen LogP contribution >= 0.6 is 12.4 Å². The van der Waals surface area contributed by atoms with Gasteiger partial charge in [-0.25, -0.2) is 0 Å². The van der Waals surface area contributed by atoms with Gasteiger partial charge in [0.25, 0.3) is 5.91 Å². The molecule has 4 atom stereocenters.